The molecule has 0 rings (SSSR count). The number of hydrogen-bond donors (Lipinski definition) is 0. The van der Waals surface area contributed by atoms with E-state index in [2.05, 4.69) is 0 Å². The summed E-state index contributed by atoms with van der Waals surface area (Å²) in [5, 5.41) is 0. The minimum absolute atomic E-state index is 5.23. The monoisotopic (exact) mass is 289 g/mol. The van der Waals surface area contributed by atoms with Crippen molar-refractivity contribution in [2.75, 3.05) is 0 Å². The van der Waals surface area contributed by atoms with Gasteiger partial charge in [0.1, 0.15) is 0 Å². The second-order valence-electron chi connectivity index (χ2n) is 0.214. The normalized spacial score (nSPS) is 6.75. The first-order valence-electron chi connectivity index (χ1n) is 0.567. The van der Waals surface area contributed by atoms with Crippen LogP contribution in [0, 0.1) is 36.3 Å². The Labute approximate surface area is 39.3 Å². The van der Waals surface area contributed by atoms with Crippen LogP contribution in [0.5, 0.6) is 0 Å². The maximum atomic E-state index is 9.89. The van der Waals surface area contributed by atoms with Crippen molar-refractivity contribution < 1.29 is 39.6 Å². The summed E-state index contributed by atoms with van der Waals surface area (Å²) < 4.78 is 29.7. The van der Waals surface area contributed by atoms with Gasteiger partial charge in [-0.15, -0.1) is 0 Å². The summed E-state index contributed by atoms with van der Waals surface area (Å²) in [6, 6.07) is 0. The molecular formula is F3Th. The van der Waals surface area contributed by atoms with Crippen molar-refractivity contribution >= 4 is 0 Å². The Morgan fingerprint density at radius 1 is 1.00 bits per heavy atom. The standard InChI is InChI=1S/3FH.Th/h3*1H;/q;;;+3/p-3. The Bertz CT molecular complexity index is 8.00. The van der Waals surface area contributed by atoms with Crippen LogP contribution in [0.1, 0.15) is 0 Å². The third-order valence-corrected chi connectivity index (χ3v) is 0. The fourth-order valence-electron chi connectivity index (χ4n) is 0. The molecule has 0 saturated carbocycles. The predicted octanol–water partition coefficient (Wildman–Crippen LogP) is 1.26. The predicted molar refractivity (Wildman–Crippen MR) is 3.32 cm³/mol. The fourth-order valence-corrected chi connectivity index (χ4v) is 0. The van der Waals surface area contributed by atoms with E-state index in [9.17, 15) is 3.35 Å². The topological polar surface area (TPSA) is 0 Å². The molecule has 0 radical (unpaired) electrons. The summed E-state index contributed by atoms with van der Waals surface area (Å²) in [6.45, 7) is 0. The van der Waals surface area contributed by atoms with Gasteiger partial charge in [0, 0.05) is 0 Å². The van der Waals surface area contributed by atoms with Crippen LogP contribution in [-0.4, -0.2) is 0 Å². The van der Waals surface area contributed by atoms with Gasteiger partial charge in [0.05, 0.1) is 0 Å². The van der Waals surface area contributed by atoms with Crippen molar-refractivity contribution in [3.63, 3.8) is 0 Å². The Morgan fingerprint density at radius 2 is 1.00 bits per heavy atom. The fraction of sp³-hybridized carbons (Fsp3) is 0. The zero-order valence-corrected chi connectivity index (χ0v) is 5.74. The third-order valence-electron chi connectivity index (χ3n) is 0. The Hall–Kier alpha value is 1.11. The zero-order chi connectivity index (χ0) is 3.58. The van der Waals surface area contributed by atoms with Gasteiger partial charge in [-0.05, 0) is 0 Å². The first kappa shape index (κ1) is 5.11. The molecule has 0 atom stereocenters. The number of hydrogen-bond acceptors (Lipinski definition) is 0. The molecule has 0 bridgehead atoms. The van der Waals surface area contributed by atoms with E-state index in [1.165, 1.54) is 0 Å². The number of halogens is 3. The average Bonchev–Trinajstić information content (AvgIpc) is 0.811. The SMILES string of the molecule is [F][Th]([F])[F]. The molecule has 4 heteroatoms. The van der Waals surface area contributed by atoms with E-state index in [0.717, 1.165) is 0 Å². The molecule has 0 amide bonds. The Balaban J connectivity index is 2.32. The molecule has 0 aromatic carbocycles. The molecule has 0 aliphatic heterocycles. The number of rotatable bonds is 0. The second-order valence-corrected chi connectivity index (χ2v) is 1.98. The average molecular weight is 289 g/mol. The molecule has 25 valence electrons. The van der Waals surface area contributed by atoms with Crippen LogP contribution >= 0.6 is 0 Å². The van der Waals surface area contributed by atoms with E-state index in [4.69, 9.17) is 0 Å². The van der Waals surface area contributed by atoms with Gasteiger partial charge in [0.15, 0.2) is 0 Å². The maximum absolute atomic E-state index is 9.89. The van der Waals surface area contributed by atoms with Crippen LogP contribution in [0.25, 0.3) is 0 Å². The molecule has 0 heterocycles. The molecule has 0 fully saturated rings. The summed E-state index contributed by atoms with van der Waals surface area (Å²) in [5.74, 6) is 0. The first-order valence-corrected chi connectivity index (χ1v) is 5.23. The molecule has 0 saturated heterocycles. The second kappa shape index (κ2) is 2.36. The van der Waals surface area contributed by atoms with Crippen LogP contribution < -0.4 is 0 Å². The Kier molecular flexibility index (Phi) is 3.01. The minimum atomic E-state index is -5.23. The molecule has 0 spiro atoms. The van der Waals surface area contributed by atoms with E-state index in [0.29, 0.717) is 0 Å². The van der Waals surface area contributed by atoms with Crippen molar-refractivity contribution in [3.05, 3.63) is 0 Å². The molecule has 4 heavy (non-hydrogen) atoms. The van der Waals surface area contributed by atoms with Gasteiger partial charge in [-0.25, -0.2) is 0 Å². The summed E-state index contributed by atoms with van der Waals surface area (Å²) in [4.78, 5) is 0. The molecule has 0 unspecified atom stereocenters. The van der Waals surface area contributed by atoms with Gasteiger partial charge in [-0.2, -0.15) is 0 Å². The van der Waals surface area contributed by atoms with Crippen LogP contribution in [0.15, 0.2) is 0 Å². The van der Waals surface area contributed by atoms with Crippen molar-refractivity contribution in [2.45, 2.75) is 0 Å². The van der Waals surface area contributed by atoms with Gasteiger partial charge in [-0.3, -0.25) is 0 Å². The van der Waals surface area contributed by atoms with Gasteiger partial charge in [0.2, 0.25) is 0 Å². The summed E-state index contributed by atoms with van der Waals surface area (Å²) in [7, 11) is 0. The molecule has 0 nitrogen and oxygen atoms in total. The van der Waals surface area contributed by atoms with Crippen LogP contribution in [0.4, 0.5) is 3.35 Å². The van der Waals surface area contributed by atoms with Gasteiger partial charge < -0.3 is 0 Å². The van der Waals surface area contributed by atoms with Gasteiger partial charge >= 0.3 is 39.6 Å². The van der Waals surface area contributed by atoms with E-state index in [1.54, 1.807) is 0 Å². The van der Waals surface area contributed by atoms with Crippen molar-refractivity contribution in [2.24, 2.45) is 0 Å². The van der Waals surface area contributed by atoms with Crippen LogP contribution in [0.3, 0.4) is 0 Å². The van der Waals surface area contributed by atoms with Crippen molar-refractivity contribution in [1.29, 1.82) is 0 Å². The molecule has 0 aliphatic rings. The van der Waals surface area contributed by atoms with E-state index >= 15 is 0 Å². The van der Waals surface area contributed by atoms with Crippen LogP contribution in [-0.2, 0) is 0 Å². The molecule has 0 aromatic heterocycles. The molecule has 0 N–H and O–H groups in total. The molecule has 0 aliphatic carbocycles. The van der Waals surface area contributed by atoms with E-state index < -0.39 is 36.3 Å². The van der Waals surface area contributed by atoms with Gasteiger partial charge in [-0.1, -0.05) is 0 Å². The van der Waals surface area contributed by atoms with E-state index in [1.807, 2.05) is 0 Å². The third kappa shape index (κ3) is 11.2. The summed E-state index contributed by atoms with van der Waals surface area (Å²) in [6.07, 6.45) is 0. The summed E-state index contributed by atoms with van der Waals surface area (Å²) >= 11 is -5.23. The quantitative estimate of drug-likeness (QED) is 0.630. The summed E-state index contributed by atoms with van der Waals surface area (Å²) in [5.41, 5.74) is 0. The van der Waals surface area contributed by atoms with Crippen LogP contribution in [0.2, 0.25) is 0 Å². The Morgan fingerprint density at radius 3 is 1.00 bits per heavy atom. The van der Waals surface area contributed by atoms with Crippen molar-refractivity contribution in [3.8, 4) is 0 Å². The zero-order valence-electron chi connectivity index (χ0n) is 1.63. The molecule has 0 aromatic rings. The first-order chi connectivity index (χ1) is 1.73. The van der Waals surface area contributed by atoms with Gasteiger partial charge in [0.25, 0.3) is 0 Å². The van der Waals surface area contributed by atoms with E-state index in [-0.39, 0.29) is 0 Å². The molecular weight excluding hydrogens is 289 g/mol. The van der Waals surface area contributed by atoms with Crippen molar-refractivity contribution in [1.82, 2.24) is 0 Å².